The van der Waals surface area contributed by atoms with E-state index in [-0.39, 0.29) is 0 Å². The SMILES string of the molecule is CN(CCOC1CCNCC1)Cc1ccncc1. The minimum absolute atomic E-state index is 0.459. The minimum atomic E-state index is 0.459. The summed E-state index contributed by atoms with van der Waals surface area (Å²) in [5, 5.41) is 3.35. The number of aromatic nitrogens is 1. The Hall–Kier alpha value is -0.970. The first-order valence-corrected chi connectivity index (χ1v) is 6.74. The van der Waals surface area contributed by atoms with Crippen molar-refractivity contribution in [2.24, 2.45) is 0 Å². The summed E-state index contributed by atoms with van der Waals surface area (Å²) in [6.07, 6.45) is 6.44. The van der Waals surface area contributed by atoms with Gasteiger partial charge in [0.1, 0.15) is 0 Å². The second-order valence-corrected chi connectivity index (χ2v) is 4.91. The van der Waals surface area contributed by atoms with Gasteiger partial charge >= 0.3 is 0 Å². The standard InChI is InChI=1S/C14H23N3O/c1-17(12-13-2-6-15-7-3-13)10-11-18-14-4-8-16-9-5-14/h2-3,6-7,14,16H,4-5,8-12H2,1H3. The molecule has 0 bridgehead atoms. The fourth-order valence-corrected chi connectivity index (χ4v) is 2.22. The number of nitrogens with one attached hydrogen (secondary N) is 1. The molecule has 4 heteroatoms. The van der Waals surface area contributed by atoms with E-state index in [1.165, 1.54) is 5.56 Å². The number of likely N-dealkylation sites (N-methyl/N-ethyl adjacent to an activating group) is 1. The van der Waals surface area contributed by atoms with Crippen LogP contribution in [-0.2, 0) is 11.3 Å². The van der Waals surface area contributed by atoms with Crippen LogP contribution >= 0.6 is 0 Å². The number of ether oxygens (including phenoxy) is 1. The molecule has 4 nitrogen and oxygen atoms in total. The summed E-state index contributed by atoms with van der Waals surface area (Å²) in [7, 11) is 2.13. The van der Waals surface area contributed by atoms with Gasteiger partial charge in [0.15, 0.2) is 0 Å². The van der Waals surface area contributed by atoms with Gasteiger partial charge in [-0.15, -0.1) is 0 Å². The van der Waals surface area contributed by atoms with E-state index in [0.717, 1.165) is 45.6 Å². The highest BCUT2D eigenvalue weighted by Crippen LogP contribution is 2.07. The highest BCUT2D eigenvalue weighted by molar-refractivity contribution is 5.09. The predicted octanol–water partition coefficient (Wildman–Crippen LogP) is 1.28. The van der Waals surface area contributed by atoms with Gasteiger partial charge < -0.3 is 10.1 Å². The van der Waals surface area contributed by atoms with Gasteiger partial charge in [0.05, 0.1) is 12.7 Å². The molecule has 0 radical (unpaired) electrons. The summed E-state index contributed by atoms with van der Waals surface area (Å²) in [4.78, 5) is 6.31. The van der Waals surface area contributed by atoms with E-state index in [2.05, 4.69) is 34.4 Å². The van der Waals surface area contributed by atoms with Gasteiger partial charge in [-0.25, -0.2) is 0 Å². The Morgan fingerprint density at radius 3 is 2.78 bits per heavy atom. The summed E-state index contributed by atoms with van der Waals surface area (Å²) in [6.45, 7) is 4.95. The molecule has 1 aromatic heterocycles. The molecule has 0 amide bonds. The molecule has 0 atom stereocenters. The van der Waals surface area contributed by atoms with Crippen LogP contribution in [-0.4, -0.2) is 49.3 Å². The van der Waals surface area contributed by atoms with Crippen molar-refractivity contribution < 1.29 is 4.74 Å². The molecule has 1 aromatic rings. The lowest BCUT2D eigenvalue weighted by Gasteiger charge is -2.24. The quantitative estimate of drug-likeness (QED) is 0.824. The van der Waals surface area contributed by atoms with Gasteiger partial charge in [-0.2, -0.15) is 0 Å². The molecular weight excluding hydrogens is 226 g/mol. The van der Waals surface area contributed by atoms with Gasteiger partial charge in [-0.1, -0.05) is 0 Å². The highest BCUT2D eigenvalue weighted by Gasteiger charge is 2.13. The minimum Gasteiger partial charge on any atom is -0.377 e. The first-order chi connectivity index (χ1) is 8.84. The van der Waals surface area contributed by atoms with Crippen molar-refractivity contribution in [3.8, 4) is 0 Å². The molecule has 18 heavy (non-hydrogen) atoms. The van der Waals surface area contributed by atoms with Gasteiger partial charge in [0, 0.05) is 25.5 Å². The molecule has 0 saturated carbocycles. The number of piperidine rings is 1. The zero-order valence-electron chi connectivity index (χ0n) is 11.1. The number of rotatable bonds is 6. The van der Waals surface area contributed by atoms with E-state index in [9.17, 15) is 0 Å². The van der Waals surface area contributed by atoms with Crippen LogP contribution in [0.5, 0.6) is 0 Å². The molecule has 0 aromatic carbocycles. The molecule has 0 unspecified atom stereocenters. The van der Waals surface area contributed by atoms with Crippen molar-refractivity contribution in [1.29, 1.82) is 0 Å². The molecule has 0 spiro atoms. The van der Waals surface area contributed by atoms with Crippen LogP contribution < -0.4 is 5.32 Å². The predicted molar refractivity (Wildman–Crippen MR) is 72.4 cm³/mol. The fourth-order valence-electron chi connectivity index (χ4n) is 2.22. The zero-order chi connectivity index (χ0) is 12.6. The number of hydrogen-bond acceptors (Lipinski definition) is 4. The third-order valence-corrected chi connectivity index (χ3v) is 3.31. The van der Waals surface area contributed by atoms with Gasteiger partial charge in [-0.05, 0) is 50.7 Å². The Labute approximate surface area is 109 Å². The van der Waals surface area contributed by atoms with E-state index in [1.807, 2.05) is 12.4 Å². The second kappa shape index (κ2) is 7.46. The normalized spacial score (nSPS) is 17.2. The molecule has 1 N–H and O–H groups in total. The zero-order valence-corrected chi connectivity index (χ0v) is 11.1. The highest BCUT2D eigenvalue weighted by atomic mass is 16.5. The number of pyridine rings is 1. The summed E-state index contributed by atoms with van der Waals surface area (Å²) < 4.78 is 5.90. The topological polar surface area (TPSA) is 37.4 Å². The van der Waals surface area contributed by atoms with Crippen LogP contribution in [0.15, 0.2) is 24.5 Å². The van der Waals surface area contributed by atoms with Crippen LogP contribution in [0.25, 0.3) is 0 Å². The van der Waals surface area contributed by atoms with Crippen LogP contribution in [0.1, 0.15) is 18.4 Å². The van der Waals surface area contributed by atoms with Crippen LogP contribution in [0.2, 0.25) is 0 Å². The molecule has 2 rings (SSSR count). The Balaban J connectivity index is 1.61. The van der Waals surface area contributed by atoms with E-state index < -0.39 is 0 Å². The Morgan fingerprint density at radius 1 is 1.33 bits per heavy atom. The molecule has 1 saturated heterocycles. The maximum Gasteiger partial charge on any atom is 0.0600 e. The summed E-state index contributed by atoms with van der Waals surface area (Å²) in [5.41, 5.74) is 1.30. The second-order valence-electron chi connectivity index (χ2n) is 4.91. The molecule has 1 fully saturated rings. The number of nitrogens with zero attached hydrogens (tertiary/aromatic N) is 2. The van der Waals surface area contributed by atoms with E-state index in [4.69, 9.17) is 4.74 Å². The van der Waals surface area contributed by atoms with Gasteiger partial charge in [-0.3, -0.25) is 9.88 Å². The lowest BCUT2D eigenvalue weighted by atomic mass is 10.1. The van der Waals surface area contributed by atoms with Crippen molar-refractivity contribution in [3.63, 3.8) is 0 Å². The summed E-state index contributed by atoms with van der Waals surface area (Å²) in [6, 6.07) is 4.12. The van der Waals surface area contributed by atoms with Crippen LogP contribution in [0, 0.1) is 0 Å². The molecule has 0 aliphatic carbocycles. The number of hydrogen-bond donors (Lipinski definition) is 1. The Bertz CT molecular complexity index is 325. The third-order valence-electron chi connectivity index (χ3n) is 3.31. The van der Waals surface area contributed by atoms with Crippen molar-refractivity contribution in [2.75, 3.05) is 33.3 Å². The summed E-state index contributed by atoms with van der Waals surface area (Å²) in [5.74, 6) is 0. The van der Waals surface area contributed by atoms with Gasteiger partial charge in [0.2, 0.25) is 0 Å². The average molecular weight is 249 g/mol. The fraction of sp³-hybridized carbons (Fsp3) is 0.643. The molecule has 1 aliphatic heterocycles. The van der Waals surface area contributed by atoms with Gasteiger partial charge in [0.25, 0.3) is 0 Å². The lowest BCUT2D eigenvalue weighted by Crippen LogP contribution is -2.34. The van der Waals surface area contributed by atoms with Crippen molar-refractivity contribution in [3.05, 3.63) is 30.1 Å². The van der Waals surface area contributed by atoms with E-state index in [0.29, 0.717) is 6.10 Å². The van der Waals surface area contributed by atoms with Crippen LogP contribution in [0.4, 0.5) is 0 Å². The first-order valence-electron chi connectivity index (χ1n) is 6.74. The van der Waals surface area contributed by atoms with E-state index >= 15 is 0 Å². The molecule has 1 aliphatic rings. The van der Waals surface area contributed by atoms with E-state index in [1.54, 1.807) is 0 Å². The largest absolute Gasteiger partial charge is 0.377 e. The first kappa shape index (κ1) is 13.5. The van der Waals surface area contributed by atoms with Crippen molar-refractivity contribution in [1.82, 2.24) is 15.2 Å². The molecule has 100 valence electrons. The van der Waals surface area contributed by atoms with Crippen molar-refractivity contribution >= 4 is 0 Å². The third kappa shape index (κ3) is 4.72. The lowest BCUT2D eigenvalue weighted by molar-refractivity contribution is 0.0224. The Morgan fingerprint density at radius 2 is 2.06 bits per heavy atom. The smallest absolute Gasteiger partial charge is 0.0600 e. The Kier molecular flexibility index (Phi) is 5.58. The maximum absolute atomic E-state index is 5.90. The van der Waals surface area contributed by atoms with Crippen LogP contribution in [0.3, 0.4) is 0 Å². The maximum atomic E-state index is 5.90. The molecule has 2 heterocycles. The molecular formula is C14H23N3O. The average Bonchev–Trinajstić information content (AvgIpc) is 2.41. The monoisotopic (exact) mass is 249 g/mol. The van der Waals surface area contributed by atoms with Crippen molar-refractivity contribution in [2.45, 2.75) is 25.5 Å². The summed E-state index contributed by atoms with van der Waals surface area (Å²) >= 11 is 0.